The molecule has 0 spiro atoms. The Morgan fingerprint density at radius 3 is 2.57 bits per heavy atom. The fourth-order valence-corrected chi connectivity index (χ4v) is 2.28. The van der Waals surface area contributed by atoms with Crippen LogP contribution in [-0.4, -0.2) is 26.1 Å². The second kappa shape index (κ2) is 6.39. The van der Waals surface area contributed by atoms with Gasteiger partial charge in [0.2, 0.25) is 0 Å². The molecule has 0 aliphatic rings. The summed E-state index contributed by atoms with van der Waals surface area (Å²) < 4.78 is 1.62. The number of rotatable bonds is 4. The first-order valence-corrected chi connectivity index (χ1v) is 7.33. The summed E-state index contributed by atoms with van der Waals surface area (Å²) in [5.41, 5.74) is 3.61. The highest BCUT2D eigenvalue weighted by Crippen LogP contribution is 2.10. The van der Waals surface area contributed by atoms with E-state index in [1.54, 1.807) is 10.7 Å². The zero-order valence-electron chi connectivity index (χ0n) is 13.0. The van der Waals surface area contributed by atoms with E-state index >= 15 is 0 Å². The molecule has 0 aliphatic carbocycles. The summed E-state index contributed by atoms with van der Waals surface area (Å²) in [4.78, 5) is 12.3. The molecule has 0 saturated carbocycles. The number of nitrogens with one attached hydrogen (secondary N) is 1. The number of tetrazole rings is 1. The highest BCUT2D eigenvalue weighted by atomic mass is 16.1. The molecule has 0 bridgehead atoms. The molecule has 3 aromatic rings. The number of aryl methyl sites for hydroxylation is 2. The van der Waals surface area contributed by atoms with Crippen LogP contribution >= 0.6 is 0 Å². The lowest BCUT2D eigenvalue weighted by Crippen LogP contribution is -2.25. The molecule has 0 fully saturated rings. The SMILES string of the molecule is Cc1ccc(-n2nnnc2CNC(=O)c2ccccc2C)cc1. The van der Waals surface area contributed by atoms with Crippen molar-refractivity contribution in [3.8, 4) is 5.69 Å². The van der Waals surface area contributed by atoms with Crippen molar-refractivity contribution in [1.29, 1.82) is 0 Å². The maximum absolute atomic E-state index is 12.3. The topological polar surface area (TPSA) is 72.7 Å². The van der Waals surface area contributed by atoms with Crippen LogP contribution in [0.2, 0.25) is 0 Å². The third-order valence-corrected chi connectivity index (χ3v) is 3.61. The predicted molar refractivity (Wildman–Crippen MR) is 86.2 cm³/mol. The van der Waals surface area contributed by atoms with E-state index in [-0.39, 0.29) is 12.5 Å². The van der Waals surface area contributed by atoms with Crippen LogP contribution in [0.5, 0.6) is 0 Å². The van der Waals surface area contributed by atoms with Gasteiger partial charge < -0.3 is 5.32 Å². The Kier molecular flexibility index (Phi) is 4.14. The molecular formula is C17H17N5O. The van der Waals surface area contributed by atoms with E-state index in [0.717, 1.165) is 16.8 Å². The number of amides is 1. The van der Waals surface area contributed by atoms with Crippen molar-refractivity contribution in [3.05, 3.63) is 71.0 Å². The molecule has 1 amide bonds. The Hall–Kier alpha value is -3.02. The average molecular weight is 307 g/mol. The largest absolute Gasteiger partial charge is 0.345 e. The lowest BCUT2D eigenvalue weighted by molar-refractivity contribution is 0.0949. The van der Waals surface area contributed by atoms with Gasteiger partial charge >= 0.3 is 0 Å². The molecule has 2 aromatic carbocycles. The number of aromatic nitrogens is 4. The van der Waals surface area contributed by atoms with Gasteiger partial charge in [-0.2, -0.15) is 4.68 Å². The Morgan fingerprint density at radius 2 is 1.83 bits per heavy atom. The Bertz CT molecular complexity index is 823. The van der Waals surface area contributed by atoms with E-state index < -0.39 is 0 Å². The first-order valence-electron chi connectivity index (χ1n) is 7.33. The molecule has 1 heterocycles. The van der Waals surface area contributed by atoms with Gasteiger partial charge in [-0.25, -0.2) is 0 Å². The van der Waals surface area contributed by atoms with Gasteiger partial charge in [-0.15, -0.1) is 5.10 Å². The molecule has 0 atom stereocenters. The molecule has 1 N–H and O–H groups in total. The molecule has 0 saturated heterocycles. The number of benzene rings is 2. The molecule has 0 aliphatic heterocycles. The van der Waals surface area contributed by atoms with Crippen molar-refractivity contribution in [2.24, 2.45) is 0 Å². The molecule has 23 heavy (non-hydrogen) atoms. The van der Waals surface area contributed by atoms with Crippen LogP contribution in [0.15, 0.2) is 48.5 Å². The molecule has 0 unspecified atom stereocenters. The monoisotopic (exact) mass is 307 g/mol. The van der Waals surface area contributed by atoms with Crippen molar-refractivity contribution in [1.82, 2.24) is 25.5 Å². The maximum Gasteiger partial charge on any atom is 0.251 e. The lowest BCUT2D eigenvalue weighted by Gasteiger charge is -2.08. The predicted octanol–water partition coefficient (Wildman–Crippen LogP) is 2.21. The second-order valence-electron chi connectivity index (χ2n) is 5.34. The maximum atomic E-state index is 12.3. The van der Waals surface area contributed by atoms with Gasteiger partial charge in [-0.3, -0.25) is 4.79 Å². The van der Waals surface area contributed by atoms with E-state index in [1.165, 1.54) is 0 Å². The standard InChI is InChI=1S/C17H17N5O/c1-12-7-9-14(10-8-12)22-16(19-20-21-22)11-18-17(23)15-6-4-3-5-13(15)2/h3-10H,11H2,1-2H3,(H,18,23). The number of hydrogen-bond acceptors (Lipinski definition) is 4. The quantitative estimate of drug-likeness (QED) is 0.802. The normalized spacial score (nSPS) is 10.5. The fourth-order valence-electron chi connectivity index (χ4n) is 2.28. The van der Waals surface area contributed by atoms with Gasteiger partial charge in [0.05, 0.1) is 12.2 Å². The van der Waals surface area contributed by atoms with Crippen LogP contribution in [0, 0.1) is 13.8 Å². The highest BCUT2D eigenvalue weighted by molar-refractivity contribution is 5.95. The van der Waals surface area contributed by atoms with Gasteiger partial charge in [0.25, 0.3) is 5.91 Å². The van der Waals surface area contributed by atoms with Gasteiger partial charge in [-0.05, 0) is 48.0 Å². The van der Waals surface area contributed by atoms with Crippen molar-refractivity contribution in [3.63, 3.8) is 0 Å². The minimum atomic E-state index is -0.137. The van der Waals surface area contributed by atoms with Gasteiger partial charge in [-0.1, -0.05) is 35.9 Å². The van der Waals surface area contributed by atoms with Gasteiger partial charge in [0.15, 0.2) is 5.82 Å². The molecule has 6 nitrogen and oxygen atoms in total. The minimum absolute atomic E-state index is 0.137. The fraction of sp³-hybridized carbons (Fsp3) is 0.176. The van der Waals surface area contributed by atoms with Crippen molar-refractivity contribution in [2.45, 2.75) is 20.4 Å². The van der Waals surface area contributed by atoms with Crippen molar-refractivity contribution < 1.29 is 4.79 Å². The van der Waals surface area contributed by atoms with Crippen LogP contribution in [0.4, 0.5) is 0 Å². The molecule has 6 heteroatoms. The third kappa shape index (κ3) is 3.26. The second-order valence-corrected chi connectivity index (χ2v) is 5.34. The summed E-state index contributed by atoms with van der Waals surface area (Å²) in [6.45, 7) is 4.19. The average Bonchev–Trinajstić information content (AvgIpc) is 3.02. The number of carbonyl (C=O) groups excluding carboxylic acids is 1. The summed E-state index contributed by atoms with van der Waals surface area (Å²) in [6, 6.07) is 15.3. The summed E-state index contributed by atoms with van der Waals surface area (Å²) in [6.07, 6.45) is 0. The molecular weight excluding hydrogens is 290 g/mol. The lowest BCUT2D eigenvalue weighted by atomic mass is 10.1. The summed E-state index contributed by atoms with van der Waals surface area (Å²) in [7, 11) is 0. The molecule has 1 aromatic heterocycles. The Balaban J connectivity index is 1.75. The Labute approximate surface area is 134 Å². The van der Waals surface area contributed by atoms with Crippen LogP contribution < -0.4 is 5.32 Å². The first-order chi connectivity index (χ1) is 11.1. The van der Waals surface area contributed by atoms with Crippen LogP contribution in [0.25, 0.3) is 5.69 Å². The number of carbonyl (C=O) groups is 1. The van der Waals surface area contributed by atoms with Crippen molar-refractivity contribution in [2.75, 3.05) is 0 Å². The van der Waals surface area contributed by atoms with Gasteiger partial charge in [0.1, 0.15) is 0 Å². The Morgan fingerprint density at radius 1 is 1.09 bits per heavy atom. The summed E-state index contributed by atoms with van der Waals surface area (Å²) in [5, 5.41) is 14.5. The van der Waals surface area contributed by atoms with Gasteiger partial charge in [0, 0.05) is 5.56 Å². The van der Waals surface area contributed by atoms with E-state index in [0.29, 0.717) is 11.4 Å². The molecule has 3 rings (SSSR count). The zero-order valence-corrected chi connectivity index (χ0v) is 13.0. The van der Waals surface area contributed by atoms with Crippen molar-refractivity contribution >= 4 is 5.91 Å². The summed E-state index contributed by atoms with van der Waals surface area (Å²) >= 11 is 0. The van der Waals surface area contributed by atoms with E-state index in [9.17, 15) is 4.79 Å². The van der Waals surface area contributed by atoms with E-state index in [2.05, 4.69) is 20.8 Å². The minimum Gasteiger partial charge on any atom is -0.345 e. The van der Waals surface area contributed by atoms with E-state index in [1.807, 2.05) is 56.3 Å². The molecule has 116 valence electrons. The molecule has 0 radical (unpaired) electrons. The zero-order chi connectivity index (χ0) is 16.2. The van der Waals surface area contributed by atoms with Crippen LogP contribution in [-0.2, 0) is 6.54 Å². The first kappa shape index (κ1) is 14.9. The third-order valence-electron chi connectivity index (χ3n) is 3.61. The van der Waals surface area contributed by atoms with E-state index in [4.69, 9.17) is 0 Å². The highest BCUT2D eigenvalue weighted by Gasteiger charge is 2.12. The summed E-state index contributed by atoms with van der Waals surface area (Å²) in [5.74, 6) is 0.442. The number of nitrogens with zero attached hydrogens (tertiary/aromatic N) is 4. The van der Waals surface area contributed by atoms with Crippen LogP contribution in [0.1, 0.15) is 27.3 Å². The number of hydrogen-bond donors (Lipinski definition) is 1. The smallest absolute Gasteiger partial charge is 0.251 e. The van der Waals surface area contributed by atoms with Crippen LogP contribution in [0.3, 0.4) is 0 Å².